The van der Waals surface area contributed by atoms with Gasteiger partial charge in [0.05, 0.1) is 6.54 Å². The van der Waals surface area contributed by atoms with Crippen LogP contribution in [0.4, 0.5) is 10.1 Å². The Bertz CT molecular complexity index is 623. The third kappa shape index (κ3) is 4.60. The van der Waals surface area contributed by atoms with Gasteiger partial charge in [-0.25, -0.2) is 4.39 Å². The molecule has 2 N–H and O–H groups in total. The number of nitrogens with one attached hydrogen (secondary N) is 2. The van der Waals surface area contributed by atoms with Crippen LogP contribution >= 0.6 is 0 Å². The van der Waals surface area contributed by atoms with Gasteiger partial charge in [-0.2, -0.15) is 0 Å². The molecule has 2 aromatic rings. The number of halogens is 1. The van der Waals surface area contributed by atoms with E-state index in [2.05, 4.69) is 17.6 Å². The maximum absolute atomic E-state index is 12.8. The number of carbonyl (C=O) groups excluding carboxylic acids is 1. The van der Waals surface area contributed by atoms with Gasteiger partial charge in [0.2, 0.25) is 5.91 Å². The van der Waals surface area contributed by atoms with E-state index >= 15 is 0 Å². The Labute approximate surface area is 124 Å². The van der Waals surface area contributed by atoms with Gasteiger partial charge in [0.25, 0.3) is 0 Å². The van der Waals surface area contributed by atoms with Crippen molar-refractivity contribution in [2.75, 3.05) is 11.9 Å². The lowest BCUT2D eigenvalue weighted by Gasteiger charge is -2.09. The van der Waals surface area contributed by atoms with Crippen LogP contribution in [0.1, 0.15) is 16.7 Å². The molecule has 0 saturated heterocycles. The minimum Gasteiger partial charge on any atom is -0.376 e. The number of anilines is 1. The molecule has 0 aromatic heterocycles. The third-order valence-electron chi connectivity index (χ3n) is 3.36. The van der Waals surface area contributed by atoms with E-state index in [0.717, 1.165) is 11.3 Å². The van der Waals surface area contributed by atoms with Crippen molar-refractivity contribution in [1.82, 2.24) is 5.32 Å². The summed E-state index contributed by atoms with van der Waals surface area (Å²) in [6, 6.07) is 12.1. The second kappa shape index (κ2) is 6.88. The molecule has 0 radical (unpaired) electrons. The summed E-state index contributed by atoms with van der Waals surface area (Å²) in [7, 11) is 0. The molecule has 4 heteroatoms. The van der Waals surface area contributed by atoms with Crippen molar-refractivity contribution in [3.63, 3.8) is 0 Å². The maximum Gasteiger partial charge on any atom is 0.239 e. The third-order valence-corrected chi connectivity index (χ3v) is 3.36. The molecule has 1 amide bonds. The Kier molecular flexibility index (Phi) is 4.93. The summed E-state index contributed by atoms with van der Waals surface area (Å²) in [5.74, 6) is -0.376. The van der Waals surface area contributed by atoms with E-state index in [0.29, 0.717) is 6.54 Å². The van der Waals surface area contributed by atoms with Crippen LogP contribution in [0.15, 0.2) is 42.5 Å². The second-order valence-electron chi connectivity index (χ2n) is 5.06. The Morgan fingerprint density at radius 3 is 2.43 bits per heavy atom. The molecule has 3 nitrogen and oxygen atoms in total. The highest BCUT2D eigenvalue weighted by molar-refractivity contribution is 5.80. The number of hydrogen-bond donors (Lipinski definition) is 2. The van der Waals surface area contributed by atoms with Crippen LogP contribution in [0.25, 0.3) is 0 Å². The van der Waals surface area contributed by atoms with E-state index in [1.165, 1.54) is 23.3 Å². The molecule has 0 spiro atoms. The van der Waals surface area contributed by atoms with Crippen molar-refractivity contribution in [1.29, 1.82) is 0 Å². The molecular formula is C17H19FN2O. The summed E-state index contributed by atoms with van der Waals surface area (Å²) in [5, 5.41) is 5.88. The van der Waals surface area contributed by atoms with Gasteiger partial charge < -0.3 is 10.6 Å². The first-order chi connectivity index (χ1) is 10.0. The number of aryl methyl sites for hydroxylation is 2. The summed E-state index contributed by atoms with van der Waals surface area (Å²) in [5.41, 5.74) is 4.21. The molecule has 110 valence electrons. The Hall–Kier alpha value is -2.36. The van der Waals surface area contributed by atoms with Crippen LogP contribution in [0.3, 0.4) is 0 Å². The molecule has 0 aliphatic carbocycles. The zero-order valence-electron chi connectivity index (χ0n) is 12.2. The molecule has 21 heavy (non-hydrogen) atoms. The number of benzene rings is 2. The van der Waals surface area contributed by atoms with Crippen LogP contribution in [-0.4, -0.2) is 12.5 Å². The average molecular weight is 286 g/mol. The minimum absolute atomic E-state index is 0.0995. The predicted molar refractivity (Wildman–Crippen MR) is 82.7 cm³/mol. The molecule has 0 fully saturated rings. The standard InChI is InChI=1S/C17H19FN2O/c1-12-3-8-16(9-13(12)2)19-11-17(21)20-10-14-4-6-15(18)7-5-14/h3-9,19H,10-11H2,1-2H3,(H,20,21). The van der Waals surface area contributed by atoms with Crippen LogP contribution in [-0.2, 0) is 11.3 Å². The van der Waals surface area contributed by atoms with E-state index < -0.39 is 0 Å². The molecule has 2 aromatic carbocycles. The first kappa shape index (κ1) is 15.0. The maximum atomic E-state index is 12.8. The van der Waals surface area contributed by atoms with Gasteiger partial charge in [0, 0.05) is 12.2 Å². The van der Waals surface area contributed by atoms with E-state index in [1.54, 1.807) is 12.1 Å². The van der Waals surface area contributed by atoms with Crippen LogP contribution in [0.5, 0.6) is 0 Å². The predicted octanol–water partition coefficient (Wildman–Crippen LogP) is 3.17. The first-order valence-corrected chi connectivity index (χ1v) is 6.87. The fourth-order valence-corrected chi connectivity index (χ4v) is 1.90. The zero-order chi connectivity index (χ0) is 15.2. The SMILES string of the molecule is Cc1ccc(NCC(=O)NCc2ccc(F)cc2)cc1C. The van der Waals surface area contributed by atoms with Crippen molar-refractivity contribution in [2.45, 2.75) is 20.4 Å². The van der Waals surface area contributed by atoms with Crippen LogP contribution < -0.4 is 10.6 Å². The van der Waals surface area contributed by atoms with E-state index in [1.807, 2.05) is 25.1 Å². The summed E-state index contributed by atoms with van der Waals surface area (Å²) >= 11 is 0. The largest absolute Gasteiger partial charge is 0.376 e. The zero-order valence-corrected chi connectivity index (χ0v) is 12.2. The topological polar surface area (TPSA) is 41.1 Å². The monoisotopic (exact) mass is 286 g/mol. The van der Waals surface area contributed by atoms with Gasteiger partial charge >= 0.3 is 0 Å². The first-order valence-electron chi connectivity index (χ1n) is 6.87. The van der Waals surface area contributed by atoms with E-state index in [9.17, 15) is 9.18 Å². The number of rotatable bonds is 5. The van der Waals surface area contributed by atoms with Crippen LogP contribution in [0, 0.1) is 19.7 Å². The van der Waals surface area contributed by atoms with Gasteiger partial charge in [-0.3, -0.25) is 4.79 Å². The summed E-state index contributed by atoms with van der Waals surface area (Å²) in [6.45, 7) is 4.70. The Morgan fingerprint density at radius 1 is 1.05 bits per heavy atom. The number of carbonyl (C=O) groups is 1. The number of hydrogen-bond acceptors (Lipinski definition) is 2. The average Bonchev–Trinajstić information content (AvgIpc) is 2.48. The Morgan fingerprint density at radius 2 is 1.76 bits per heavy atom. The van der Waals surface area contributed by atoms with Gasteiger partial charge in [0.15, 0.2) is 0 Å². The summed E-state index contributed by atoms with van der Waals surface area (Å²) in [6.07, 6.45) is 0. The molecule has 2 rings (SSSR count). The van der Waals surface area contributed by atoms with E-state index in [-0.39, 0.29) is 18.3 Å². The Balaban J connectivity index is 1.79. The molecule has 0 bridgehead atoms. The minimum atomic E-state index is -0.276. The second-order valence-corrected chi connectivity index (χ2v) is 5.06. The lowest BCUT2D eigenvalue weighted by molar-refractivity contribution is -0.119. The van der Waals surface area contributed by atoms with Gasteiger partial charge in [-0.15, -0.1) is 0 Å². The van der Waals surface area contributed by atoms with Crippen molar-refractivity contribution in [3.05, 3.63) is 65.0 Å². The summed E-state index contributed by atoms with van der Waals surface area (Å²) in [4.78, 5) is 11.8. The summed E-state index contributed by atoms with van der Waals surface area (Å²) < 4.78 is 12.8. The van der Waals surface area contributed by atoms with Crippen molar-refractivity contribution < 1.29 is 9.18 Å². The molecule has 0 heterocycles. The highest BCUT2D eigenvalue weighted by Gasteiger charge is 2.02. The lowest BCUT2D eigenvalue weighted by Crippen LogP contribution is -2.29. The quantitative estimate of drug-likeness (QED) is 0.886. The van der Waals surface area contributed by atoms with E-state index in [4.69, 9.17) is 0 Å². The molecule has 0 atom stereocenters. The van der Waals surface area contributed by atoms with Gasteiger partial charge in [-0.1, -0.05) is 18.2 Å². The molecule has 0 unspecified atom stereocenters. The molecule has 0 aliphatic rings. The molecule has 0 saturated carbocycles. The van der Waals surface area contributed by atoms with Gasteiger partial charge in [-0.05, 0) is 54.8 Å². The molecular weight excluding hydrogens is 267 g/mol. The fraction of sp³-hybridized carbons (Fsp3) is 0.235. The normalized spacial score (nSPS) is 10.2. The van der Waals surface area contributed by atoms with Crippen molar-refractivity contribution >= 4 is 11.6 Å². The van der Waals surface area contributed by atoms with Crippen LogP contribution in [0.2, 0.25) is 0 Å². The fourth-order valence-electron chi connectivity index (χ4n) is 1.90. The van der Waals surface area contributed by atoms with Crippen molar-refractivity contribution in [2.24, 2.45) is 0 Å². The molecule has 0 aliphatic heterocycles. The van der Waals surface area contributed by atoms with Crippen molar-refractivity contribution in [3.8, 4) is 0 Å². The smallest absolute Gasteiger partial charge is 0.239 e. The highest BCUT2D eigenvalue weighted by Crippen LogP contribution is 2.13. The lowest BCUT2D eigenvalue weighted by atomic mass is 10.1. The van der Waals surface area contributed by atoms with Gasteiger partial charge in [0.1, 0.15) is 5.82 Å². The number of amides is 1. The highest BCUT2D eigenvalue weighted by atomic mass is 19.1.